The summed E-state index contributed by atoms with van der Waals surface area (Å²) < 4.78 is 11.8. The highest BCUT2D eigenvalue weighted by Gasteiger charge is 2.26. The predicted octanol–water partition coefficient (Wildman–Crippen LogP) is 2.68. The number of hydrogen-bond acceptors (Lipinski definition) is 3. The van der Waals surface area contributed by atoms with Gasteiger partial charge < -0.3 is 15.2 Å². The molecule has 0 aromatic heterocycles. The molecule has 0 radical (unpaired) electrons. The minimum absolute atomic E-state index is 0.289. The Kier molecular flexibility index (Phi) is 2.43. The van der Waals surface area contributed by atoms with E-state index in [0.29, 0.717) is 0 Å². The summed E-state index contributed by atoms with van der Waals surface area (Å²) in [6.45, 7) is 6.22. The molecule has 2 N–H and O–H groups in total. The van der Waals surface area contributed by atoms with Gasteiger partial charge in [0.25, 0.3) is 0 Å². The molecular weight excluding hydrogens is 258 g/mol. The molecule has 0 spiro atoms. The molecule has 1 aromatic carbocycles. The minimum Gasteiger partial charge on any atom is -0.454 e. The zero-order chi connectivity index (χ0) is 11.2. The maximum absolute atomic E-state index is 6.09. The molecule has 3 nitrogen and oxygen atoms in total. The van der Waals surface area contributed by atoms with E-state index in [2.05, 4.69) is 15.9 Å². The molecule has 82 valence electrons. The molecule has 2 rings (SSSR count). The normalized spacial score (nSPS) is 14.5. The summed E-state index contributed by atoms with van der Waals surface area (Å²) in [4.78, 5) is 0. The van der Waals surface area contributed by atoms with E-state index in [1.807, 2.05) is 26.8 Å². The Labute approximate surface area is 97.7 Å². The van der Waals surface area contributed by atoms with E-state index in [1.54, 1.807) is 0 Å². The first-order valence-corrected chi connectivity index (χ1v) is 5.58. The van der Waals surface area contributed by atoms with Gasteiger partial charge in [-0.05, 0) is 32.4 Å². The fourth-order valence-corrected chi connectivity index (χ4v) is 2.46. The van der Waals surface area contributed by atoms with Crippen molar-refractivity contribution in [1.29, 1.82) is 0 Å². The number of benzene rings is 1. The van der Waals surface area contributed by atoms with Crippen LogP contribution in [0.1, 0.15) is 25.0 Å². The summed E-state index contributed by atoms with van der Waals surface area (Å²) in [5, 5.41) is 0. The Bertz CT molecular complexity index is 410. The second-order valence-corrected chi connectivity index (χ2v) is 5.11. The third-order valence-corrected chi connectivity index (χ3v) is 3.54. The van der Waals surface area contributed by atoms with Crippen LogP contribution < -0.4 is 15.2 Å². The fourth-order valence-electron chi connectivity index (χ4n) is 1.65. The second kappa shape index (κ2) is 3.39. The van der Waals surface area contributed by atoms with E-state index in [-0.39, 0.29) is 6.79 Å². The first-order valence-electron chi connectivity index (χ1n) is 4.79. The van der Waals surface area contributed by atoms with E-state index < -0.39 is 5.54 Å². The van der Waals surface area contributed by atoms with Gasteiger partial charge in [-0.1, -0.05) is 15.9 Å². The van der Waals surface area contributed by atoms with Crippen LogP contribution in [0.4, 0.5) is 0 Å². The first-order chi connectivity index (χ1) is 6.91. The Balaban J connectivity index is 2.64. The van der Waals surface area contributed by atoms with E-state index in [4.69, 9.17) is 15.2 Å². The Morgan fingerprint density at radius 1 is 1.40 bits per heavy atom. The van der Waals surface area contributed by atoms with Crippen LogP contribution in [-0.2, 0) is 5.54 Å². The molecule has 15 heavy (non-hydrogen) atoms. The van der Waals surface area contributed by atoms with Crippen molar-refractivity contribution in [2.45, 2.75) is 26.3 Å². The fraction of sp³-hybridized carbons (Fsp3) is 0.455. The van der Waals surface area contributed by atoms with Crippen molar-refractivity contribution in [1.82, 2.24) is 0 Å². The summed E-state index contributed by atoms with van der Waals surface area (Å²) in [7, 11) is 0. The molecule has 1 aromatic rings. The average Bonchev–Trinajstić information content (AvgIpc) is 2.57. The lowest BCUT2D eigenvalue weighted by Gasteiger charge is -2.22. The molecule has 0 saturated heterocycles. The average molecular weight is 272 g/mol. The molecule has 0 saturated carbocycles. The predicted molar refractivity (Wildman–Crippen MR) is 62.2 cm³/mol. The quantitative estimate of drug-likeness (QED) is 0.854. The van der Waals surface area contributed by atoms with Gasteiger partial charge in [0.1, 0.15) is 0 Å². The standard InChI is InChI=1S/C11H14BrNO2/c1-6-9(12)7(11(2,3)13)4-8-10(6)15-5-14-8/h4H,5,13H2,1-3H3. The number of nitrogens with two attached hydrogens (primary N) is 1. The van der Waals surface area contributed by atoms with Crippen molar-refractivity contribution in [3.05, 3.63) is 21.7 Å². The highest BCUT2D eigenvalue weighted by molar-refractivity contribution is 9.10. The van der Waals surface area contributed by atoms with Gasteiger partial charge in [-0.3, -0.25) is 0 Å². The molecule has 0 amide bonds. The molecular formula is C11H14BrNO2. The van der Waals surface area contributed by atoms with Gasteiger partial charge in [-0.15, -0.1) is 0 Å². The van der Waals surface area contributed by atoms with Crippen molar-refractivity contribution >= 4 is 15.9 Å². The molecule has 1 heterocycles. The van der Waals surface area contributed by atoms with Crippen molar-refractivity contribution in [3.8, 4) is 11.5 Å². The molecule has 1 aliphatic heterocycles. The molecule has 4 heteroatoms. The lowest BCUT2D eigenvalue weighted by Crippen LogP contribution is -2.29. The van der Waals surface area contributed by atoms with Crippen LogP contribution in [0.15, 0.2) is 10.5 Å². The van der Waals surface area contributed by atoms with Gasteiger partial charge in [0.2, 0.25) is 6.79 Å². The van der Waals surface area contributed by atoms with Crippen LogP contribution in [-0.4, -0.2) is 6.79 Å². The van der Waals surface area contributed by atoms with Gasteiger partial charge in [0.05, 0.1) is 0 Å². The number of hydrogen-bond donors (Lipinski definition) is 1. The van der Waals surface area contributed by atoms with Crippen molar-refractivity contribution in [3.63, 3.8) is 0 Å². The van der Waals surface area contributed by atoms with Crippen LogP contribution in [0, 0.1) is 6.92 Å². The Morgan fingerprint density at radius 2 is 2.07 bits per heavy atom. The number of fused-ring (bicyclic) bond motifs is 1. The van der Waals surface area contributed by atoms with Gasteiger partial charge in [-0.2, -0.15) is 0 Å². The summed E-state index contributed by atoms with van der Waals surface area (Å²) >= 11 is 3.55. The molecule has 0 aliphatic carbocycles. The van der Waals surface area contributed by atoms with Gasteiger partial charge in [-0.25, -0.2) is 0 Å². The number of ether oxygens (including phenoxy) is 2. The maximum Gasteiger partial charge on any atom is 0.231 e. The van der Waals surface area contributed by atoms with Crippen molar-refractivity contribution in [2.24, 2.45) is 5.73 Å². The monoisotopic (exact) mass is 271 g/mol. The van der Waals surface area contributed by atoms with Crippen molar-refractivity contribution in [2.75, 3.05) is 6.79 Å². The van der Waals surface area contributed by atoms with Crippen LogP contribution in [0.3, 0.4) is 0 Å². The molecule has 0 unspecified atom stereocenters. The summed E-state index contributed by atoms with van der Waals surface area (Å²) in [6.07, 6.45) is 0. The van der Waals surface area contributed by atoms with E-state index >= 15 is 0 Å². The number of halogens is 1. The Morgan fingerprint density at radius 3 is 2.67 bits per heavy atom. The van der Waals surface area contributed by atoms with E-state index in [9.17, 15) is 0 Å². The lowest BCUT2D eigenvalue weighted by atomic mass is 9.93. The van der Waals surface area contributed by atoms with Gasteiger partial charge >= 0.3 is 0 Å². The summed E-state index contributed by atoms with van der Waals surface area (Å²) in [6, 6.07) is 1.94. The first kappa shape index (κ1) is 10.8. The largest absolute Gasteiger partial charge is 0.454 e. The minimum atomic E-state index is -0.398. The van der Waals surface area contributed by atoms with Gasteiger partial charge in [0, 0.05) is 15.6 Å². The lowest BCUT2D eigenvalue weighted by molar-refractivity contribution is 0.173. The smallest absolute Gasteiger partial charge is 0.231 e. The van der Waals surface area contributed by atoms with Crippen LogP contribution in [0.5, 0.6) is 11.5 Å². The Hall–Kier alpha value is -0.740. The molecule has 0 atom stereocenters. The topological polar surface area (TPSA) is 44.5 Å². The SMILES string of the molecule is Cc1c(Br)c(C(C)(C)N)cc2c1OCO2. The number of rotatable bonds is 1. The third-order valence-electron chi connectivity index (χ3n) is 2.52. The van der Waals surface area contributed by atoms with E-state index in [0.717, 1.165) is 27.1 Å². The molecule has 0 fully saturated rings. The summed E-state index contributed by atoms with van der Waals surface area (Å²) in [5.74, 6) is 1.60. The van der Waals surface area contributed by atoms with Crippen molar-refractivity contribution < 1.29 is 9.47 Å². The molecule has 0 bridgehead atoms. The zero-order valence-corrected chi connectivity index (χ0v) is 10.6. The highest BCUT2D eigenvalue weighted by atomic mass is 79.9. The van der Waals surface area contributed by atoms with Crippen LogP contribution in [0.25, 0.3) is 0 Å². The molecule has 1 aliphatic rings. The zero-order valence-electron chi connectivity index (χ0n) is 9.06. The summed E-state index contributed by atoms with van der Waals surface area (Å²) in [5.41, 5.74) is 7.77. The van der Waals surface area contributed by atoms with Crippen LogP contribution >= 0.6 is 15.9 Å². The van der Waals surface area contributed by atoms with E-state index in [1.165, 1.54) is 0 Å². The van der Waals surface area contributed by atoms with Crippen LogP contribution in [0.2, 0.25) is 0 Å². The van der Waals surface area contributed by atoms with Gasteiger partial charge in [0.15, 0.2) is 11.5 Å². The highest BCUT2D eigenvalue weighted by Crippen LogP contribution is 2.43. The third kappa shape index (κ3) is 1.72. The second-order valence-electron chi connectivity index (χ2n) is 4.32. The maximum atomic E-state index is 6.09.